The summed E-state index contributed by atoms with van der Waals surface area (Å²) in [5.41, 5.74) is 0. The highest BCUT2D eigenvalue weighted by molar-refractivity contribution is 9.43. The molecular weight excluding hydrogens is 234 g/mol. The Balaban J connectivity index is 3.09. The summed E-state index contributed by atoms with van der Waals surface area (Å²) in [7, 11) is 0. The molecule has 10 heavy (non-hydrogen) atoms. The Morgan fingerprint density at radius 1 is 1.30 bits per heavy atom. The van der Waals surface area contributed by atoms with Gasteiger partial charge in [0.25, 0.3) is 5.20 Å². The van der Waals surface area contributed by atoms with Crippen LogP contribution >= 0.6 is 31.9 Å². The molecule has 0 N–H and O–H groups in total. The second-order valence-corrected chi connectivity index (χ2v) is 8.89. The summed E-state index contributed by atoms with van der Waals surface area (Å²) in [4.78, 5) is 0. The molecule has 0 amide bonds. The van der Waals surface area contributed by atoms with Gasteiger partial charge in [0.2, 0.25) is 0 Å². The molecule has 0 heterocycles. The molecule has 0 spiro atoms. The van der Waals surface area contributed by atoms with E-state index >= 15 is 0 Å². The van der Waals surface area contributed by atoms with E-state index in [0.717, 1.165) is 0 Å². The molecule has 1 rings (SSSR count). The third-order valence-corrected chi connectivity index (χ3v) is 3.77. The Hall–Kier alpha value is 0.220. The number of hydrogen-bond donors (Lipinski definition) is 0. The summed E-state index contributed by atoms with van der Waals surface area (Å²) in [5, 5.41) is -2.10. The van der Waals surface area contributed by atoms with Crippen molar-refractivity contribution in [2.75, 3.05) is 0 Å². The van der Waals surface area contributed by atoms with Gasteiger partial charge in [-0.3, -0.25) is 4.57 Å². The molecule has 0 bridgehead atoms. The first-order chi connectivity index (χ1) is 4.61. The van der Waals surface area contributed by atoms with Crippen LogP contribution in [0.25, 0.3) is 0 Å². The van der Waals surface area contributed by atoms with Crippen LogP contribution in [0.4, 0.5) is 0 Å². The van der Waals surface area contributed by atoms with Gasteiger partial charge in [0.15, 0.2) is 0 Å². The van der Waals surface area contributed by atoms with Crippen LogP contribution in [0.2, 0.25) is 0 Å². The topological polar surface area (TPSA) is 17.1 Å². The van der Waals surface area contributed by atoms with Gasteiger partial charge in [-0.05, 0) is 23.4 Å². The van der Waals surface area contributed by atoms with Gasteiger partial charge >= 0.3 is 0 Å². The predicted molar refractivity (Wildman–Crippen MR) is 48.5 cm³/mol. The number of benzene rings is 1. The van der Waals surface area contributed by atoms with Crippen molar-refractivity contribution < 1.29 is 4.57 Å². The van der Waals surface area contributed by atoms with E-state index in [1.54, 1.807) is 24.3 Å². The maximum Gasteiger partial charge on any atom is 0.258 e. The highest BCUT2D eigenvalue weighted by atomic mass is 79.9. The monoisotopic (exact) mass is 238 g/mol. The molecular formula is C6H5BrClOP. The van der Waals surface area contributed by atoms with E-state index in [1.165, 1.54) is 0 Å². The minimum absolute atomic E-state index is 0.636. The van der Waals surface area contributed by atoms with Crippen LogP contribution in [-0.4, -0.2) is 0 Å². The van der Waals surface area contributed by atoms with Crippen molar-refractivity contribution in [1.29, 1.82) is 0 Å². The smallest absolute Gasteiger partial charge is 0.258 e. The molecule has 0 aliphatic rings. The summed E-state index contributed by atoms with van der Waals surface area (Å²) in [6, 6.07) is 8.89. The fourth-order valence-corrected chi connectivity index (χ4v) is 2.17. The van der Waals surface area contributed by atoms with E-state index in [0.29, 0.717) is 5.30 Å². The maximum atomic E-state index is 11.1. The molecule has 0 fully saturated rings. The lowest BCUT2D eigenvalue weighted by Crippen LogP contribution is -1.93. The minimum atomic E-state index is -2.73. The van der Waals surface area contributed by atoms with Crippen molar-refractivity contribution in [1.82, 2.24) is 0 Å². The van der Waals surface area contributed by atoms with Crippen molar-refractivity contribution in [3.8, 4) is 0 Å². The summed E-state index contributed by atoms with van der Waals surface area (Å²) in [5.74, 6) is 0. The first kappa shape index (κ1) is 8.32. The molecule has 0 aromatic heterocycles. The van der Waals surface area contributed by atoms with E-state index < -0.39 is 5.20 Å². The second-order valence-electron chi connectivity index (χ2n) is 1.80. The highest BCUT2D eigenvalue weighted by Crippen LogP contribution is 2.57. The quantitative estimate of drug-likeness (QED) is 0.688. The molecule has 0 aliphatic carbocycles. The Morgan fingerprint density at radius 3 is 2.10 bits per heavy atom. The minimum Gasteiger partial charge on any atom is -0.289 e. The van der Waals surface area contributed by atoms with Crippen LogP contribution in [0.1, 0.15) is 0 Å². The Kier molecular flexibility index (Phi) is 2.56. The van der Waals surface area contributed by atoms with Gasteiger partial charge < -0.3 is 0 Å². The van der Waals surface area contributed by atoms with Crippen LogP contribution in [0, 0.1) is 0 Å². The SMILES string of the molecule is O=P(Cl)(Br)c1ccccc1. The highest BCUT2D eigenvalue weighted by Gasteiger charge is 2.14. The van der Waals surface area contributed by atoms with Crippen molar-refractivity contribution in [3.63, 3.8) is 0 Å². The number of hydrogen-bond acceptors (Lipinski definition) is 1. The second kappa shape index (κ2) is 3.08. The maximum absolute atomic E-state index is 11.1. The summed E-state index contributed by atoms with van der Waals surface area (Å²) in [6.45, 7) is 0. The molecule has 0 saturated heterocycles. The van der Waals surface area contributed by atoms with Crippen LogP contribution in [-0.2, 0) is 4.57 Å². The van der Waals surface area contributed by atoms with Gasteiger partial charge in [0, 0.05) is 20.8 Å². The van der Waals surface area contributed by atoms with Gasteiger partial charge in [-0.15, -0.1) is 0 Å². The Labute approximate surface area is 72.3 Å². The third kappa shape index (κ3) is 2.12. The lowest BCUT2D eigenvalue weighted by Gasteiger charge is -1.99. The predicted octanol–water partition coefficient (Wildman–Crippen LogP) is 3.14. The third-order valence-electron chi connectivity index (χ3n) is 1.06. The molecule has 1 aromatic rings. The largest absolute Gasteiger partial charge is 0.289 e. The van der Waals surface area contributed by atoms with E-state index in [2.05, 4.69) is 15.5 Å². The zero-order valence-electron chi connectivity index (χ0n) is 5.00. The van der Waals surface area contributed by atoms with E-state index in [-0.39, 0.29) is 0 Å². The summed E-state index contributed by atoms with van der Waals surface area (Å²) >= 11 is 8.44. The molecule has 0 saturated carbocycles. The molecule has 1 aromatic carbocycles. The van der Waals surface area contributed by atoms with Crippen LogP contribution in [0.5, 0.6) is 0 Å². The van der Waals surface area contributed by atoms with Crippen molar-refractivity contribution >= 4 is 37.2 Å². The number of rotatable bonds is 1. The van der Waals surface area contributed by atoms with Gasteiger partial charge in [-0.2, -0.15) is 0 Å². The van der Waals surface area contributed by atoms with Gasteiger partial charge in [0.1, 0.15) is 0 Å². The Bertz CT molecular complexity index is 256. The van der Waals surface area contributed by atoms with Gasteiger partial charge in [0.05, 0.1) is 0 Å². The lowest BCUT2D eigenvalue weighted by atomic mass is 10.4. The van der Waals surface area contributed by atoms with Crippen LogP contribution < -0.4 is 5.30 Å². The van der Waals surface area contributed by atoms with Crippen molar-refractivity contribution in [2.45, 2.75) is 0 Å². The molecule has 54 valence electrons. The standard InChI is InChI=1S/C6H5BrClOP/c7-10(8,9)6-4-2-1-3-5-6/h1-5H. The fraction of sp³-hybridized carbons (Fsp3) is 0. The molecule has 4 heteroatoms. The first-order valence-electron chi connectivity index (χ1n) is 2.65. The van der Waals surface area contributed by atoms with E-state index in [9.17, 15) is 4.57 Å². The first-order valence-corrected chi connectivity index (χ1v) is 7.29. The fourth-order valence-electron chi connectivity index (χ4n) is 0.602. The Morgan fingerprint density at radius 2 is 1.80 bits per heavy atom. The average molecular weight is 239 g/mol. The van der Waals surface area contributed by atoms with Crippen LogP contribution in [0.3, 0.4) is 0 Å². The van der Waals surface area contributed by atoms with Crippen LogP contribution in [0.15, 0.2) is 30.3 Å². The van der Waals surface area contributed by atoms with E-state index in [1.807, 2.05) is 6.07 Å². The zero-order chi connectivity index (χ0) is 7.61. The summed E-state index contributed by atoms with van der Waals surface area (Å²) < 4.78 is 11.1. The van der Waals surface area contributed by atoms with E-state index in [4.69, 9.17) is 11.2 Å². The molecule has 1 nitrogen and oxygen atoms in total. The lowest BCUT2D eigenvalue weighted by molar-refractivity contribution is 0.598. The van der Waals surface area contributed by atoms with Crippen molar-refractivity contribution in [2.24, 2.45) is 0 Å². The molecule has 1 unspecified atom stereocenters. The van der Waals surface area contributed by atoms with Gasteiger partial charge in [-0.1, -0.05) is 18.2 Å². The normalized spacial score (nSPS) is 16.2. The zero-order valence-corrected chi connectivity index (χ0v) is 8.23. The van der Waals surface area contributed by atoms with Crippen molar-refractivity contribution in [3.05, 3.63) is 30.3 Å². The number of halogens is 2. The molecule has 1 atom stereocenters. The molecule has 0 radical (unpaired) electrons. The van der Waals surface area contributed by atoms with Gasteiger partial charge in [-0.25, -0.2) is 0 Å². The molecule has 0 aliphatic heterocycles. The summed E-state index contributed by atoms with van der Waals surface area (Å²) in [6.07, 6.45) is 0. The average Bonchev–Trinajstić information content (AvgIpc) is 1.88.